The van der Waals surface area contributed by atoms with Crippen molar-refractivity contribution in [3.05, 3.63) is 58.4 Å². The maximum Gasteiger partial charge on any atom is 0.419 e. The van der Waals surface area contributed by atoms with E-state index in [1.54, 1.807) is 0 Å². The van der Waals surface area contributed by atoms with Crippen LogP contribution in [0.2, 0.25) is 5.02 Å². The Bertz CT molecular complexity index is 1070. The number of rotatable bonds is 2. The Morgan fingerprint density at radius 3 is 2.03 bits per heavy atom. The summed E-state index contributed by atoms with van der Waals surface area (Å²) in [4.78, 5) is 10.6. The summed E-state index contributed by atoms with van der Waals surface area (Å²) in [6, 6.07) is 5.79. The lowest BCUT2D eigenvalue weighted by molar-refractivity contribution is -0.139. The Balaban J connectivity index is 0.000000257. The van der Waals surface area contributed by atoms with E-state index in [-0.39, 0.29) is 26.7 Å². The molecule has 0 spiro atoms. The number of carbonyl (C=O) groups is 1. The van der Waals surface area contributed by atoms with Crippen LogP contribution in [0.3, 0.4) is 0 Å². The van der Waals surface area contributed by atoms with E-state index in [9.17, 15) is 30.8 Å². The average Bonchev–Trinajstić information content (AvgIpc) is 2.62. The molecule has 1 saturated heterocycles. The van der Waals surface area contributed by atoms with E-state index in [4.69, 9.17) is 50.1 Å². The topological polar surface area (TPSA) is 112 Å². The van der Waals surface area contributed by atoms with Gasteiger partial charge in [-0.3, -0.25) is 4.79 Å². The van der Waals surface area contributed by atoms with Crippen LogP contribution in [-0.4, -0.2) is 32.4 Å². The second-order valence-corrected chi connectivity index (χ2v) is 10.1. The van der Waals surface area contributed by atoms with Gasteiger partial charge in [-0.15, -0.1) is 0 Å². The van der Waals surface area contributed by atoms with Crippen molar-refractivity contribution in [2.24, 2.45) is 5.73 Å². The molecule has 0 unspecified atom stereocenters. The number of hydrogen-bond acceptors (Lipinski definition) is 6. The van der Waals surface area contributed by atoms with Crippen molar-refractivity contribution in [3.63, 3.8) is 0 Å². The number of ether oxygens (including phenoxy) is 1. The van der Waals surface area contributed by atoms with Gasteiger partial charge in [0.1, 0.15) is 5.82 Å². The summed E-state index contributed by atoms with van der Waals surface area (Å²) in [7, 11) is 1.19. The fourth-order valence-electron chi connectivity index (χ4n) is 1.99. The van der Waals surface area contributed by atoms with Crippen LogP contribution in [0.15, 0.2) is 41.3 Å². The van der Waals surface area contributed by atoms with Gasteiger partial charge in [0, 0.05) is 16.4 Å². The predicted octanol–water partition coefficient (Wildman–Crippen LogP) is 4.81. The molecule has 1 heterocycles. The van der Waals surface area contributed by atoms with Crippen LogP contribution in [0.25, 0.3) is 0 Å². The molecule has 0 aliphatic carbocycles. The Hall–Kier alpha value is -1.63. The van der Waals surface area contributed by atoms with Crippen molar-refractivity contribution in [1.29, 1.82) is 0 Å². The van der Waals surface area contributed by atoms with E-state index in [0.29, 0.717) is 12.1 Å². The van der Waals surface area contributed by atoms with E-state index in [1.807, 2.05) is 6.92 Å². The van der Waals surface area contributed by atoms with Crippen molar-refractivity contribution in [1.82, 2.24) is 0 Å². The molecule has 14 heteroatoms. The highest BCUT2D eigenvalue weighted by atomic mass is 35.7. The lowest BCUT2D eigenvalue weighted by Gasteiger charge is -2.33. The summed E-state index contributed by atoms with van der Waals surface area (Å²) in [6.07, 6.45) is -4.68. The van der Waals surface area contributed by atoms with E-state index in [1.165, 1.54) is 12.1 Å². The summed E-state index contributed by atoms with van der Waals surface area (Å²) < 4.78 is 74.9. The normalized spacial score (nSPS) is 14.8. The van der Waals surface area contributed by atoms with Gasteiger partial charge in [-0.1, -0.05) is 11.6 Å². The highest BCUT2D eigenvalue weighted by Crippen LogP contribution is 2.32. The number of carbonyl (C=O) groups excluding carboxylic acids is 1. The average molecular weight is 540 g/mol. The molecule has 4 N–H and O–H groups in total. The first-order valence-corrected chi connectivity index (χ1v) is 11.4. The number of anilines is 1. The Morgan fingerprint density at radius 1 is 1.16 bits per heavy atom. The van der Waals surface area contributed by atoms with Crippen LogP contribution < -0.4 is 11.5 Å². The van der Waals surface area contributed by atoms with Gasteiger partial charge in [-0.2, -0.15) is 13.2 Å². The van der Waals surface area contributed by atoms with Crippen molar-refractivity contribution in [2.45, 2.75) is 23.5 Å². The lowest BCUT2D eigenvalue weighted by Crippen LogP contribution is -2.54. The first kappa shape index (κ1) is 28.4. The molecule has 0 radical (unpaired) electrons. The molecule has 2 aromatic rings. The molecule has 6 nitrogen and oxygen atoms in total. The smallest absolute Gasteiger partial charge is 0.399 e. The highest BCUT2D eigenvalue weighted by molar-refractivity contribution is 8.13. The number of nitrogen functional groups attached to an aromatic ring is 1. The zero-order chi connectivity index (χ0) is 24.9. The standard InChI is InChI=1S/C7H3Cl3O3S.C7H5F4N.C4H9NO/c8-6-2-1-4(14(10,12)13)3-5(6)7(9)11;8-6-2-1-4(12)3-5(6)7(9,10)11;1-4(5)2-6-3-4/h1-3H;1-3H,12H2;2-3,5H2,1H3. The quantitative estimate of drug-likeness (QED) is 0.322. The minimum Gasteiger partial charge on any atom is -0.399 e. The molecule has 1 aliphatic heterocycles. The first-order chi connectivity index (χ1) is 14.4. The monoisotopic (exact) mass is 538 g/mol. The molecule has 1 fully saturated rings. The maximum atomic E-state index is 12.5. The van der Waals surface area contributed by atoms with Crippen LogP contribution in [0.1, 0.15) is 22.8 Å². The van der Waals surface area contributed by atoms with Crippen LogP contribution in [0.4, 0.5) is 23.2 Å². The minimum absolute atomic E-state index is 0. The SMILES string of the molecule is CC1(N)COC1.Nc1ccc(F)c(C(F)(F)F)c1.O=C(Cl)c1cc(S(=O)(=O)Cl)ccc1Cl. The lowest BCUT2D eigenvalue weighted by atomic mass is 10.0. The number of hydrogen-bond donors (Lipinski definition) is 2. The second kappa shape index (κ2) is 11.0. The van der Waals surface area contributed by atoms with Crippen LogP contribution >= 0.6 is 33.9 Å². The molecule has 178 valence electrons. The number of benzene rings is 2. The Kier molecular flexibility index (Phi) is 9.76. The molecule has 0 saturated carbocycles. The summed E-state index contributed by atoms with van der Waals surface area (Å²) >= 11 is 10.8. The molecular weight excluding hydrogens is 523 g/mol. The molecule has 32 heavy (non-hydrogen) atoms. The van der Waals surface area contributed by atoms with Crippen LogP contribution in [-0.2, 0) is 20.0 Å². The van der Waals surface area contributed by atoms with E-state index < -0.39 is 31.9 Å². The Labute approximate surface area is 195 Å². The summed E-state index contributed by atoms with van der Waals surface area (Å²) in [6.45, 7) is 3.44. The molecule has 0 amide bonds. The highest BCUT2D eigenvalue weighted by Gasteiger charge is 2.34. The van der Waals surface area contributed by atoms with Crippen LogP contribution in [0.5, 0.6) is 0 Å². The first-order valence-electron chi connectivity index (χ1n) is 8.37. The van der Waals surface area contributed by atoms with Gasteiger partial charge in [0.2, 0.25) is 0 Å². The molecular formula is C18H17Cl3F4N2O4S. The summed E-state index contributed by atoms with van der Waals surface area (Å²) in [5.74, 6) is -1.31. The van der Waals surface area contributed by atoms with E-state index >= 15 is 0 Å². The van der Waals surface area contributed by atoms with E-state index in [2.05, 4.69) is 0 Å². The third kappa shape index (κ3) is 9.08. The number of nitrogens with two attached hydrogens (primary N) is 2. The van der Waals surface area contributed by atoms with Gasteiger partial charge in [0.25, 0.3) is 14.3 Å². The summed E-state index contributed by atoms with van der Waals surface area (Å²) in [5.41, 5.74) is 9.03. The molecule has 0 aromatic heterocycles. The van der Waals surface area contributed by atoms with Gasteiger partial charge < -0.3 is 16.2 Å². The van der Waals surface area contributed by atoms with Gasteiger partial charge in [0.15, 0.2) is 0 Å². The van der Waals surface area contributed by atoms with Gasteiger partial charge >= 0.3 is 6.18 Å². The predicted molar refractivity (Wildman–Crippen MR) is 114 cm³/mol. The summed E-state index contributed by atoms with van der Waals surface area (Å²) in [5, 5.41) is -0.758. The molecule has 0 bridgehead atoms. The Morgan fingerprint density at radius 2 is 1.69 bits per heavy atom. The van der Waals surface area contributed by atoms with Crippen molar-refractivity contribution < 1.29 is 35.5 Å². The number of halogens is 7. The third-order valence-corrected chi connectivity index (χ3v) is 5.48. The molecule has 1 aliphatic rings. The van der Waals surface area contributed by atoms with E-state index in [0.717, 1.165) is 25.3 Å². The fraction of sp³-hybridized carbons (Fsp3) is 0.278. The molecule has 3 rings (SSSR count). The van der Waals surface area contributed by atoms with Crippen LogP contribution in [0, 0.1) is 5.82 Å². The van der Waals surface area contributed by atoms with Crippen molar-refractivity contribution in [3.8, 4) is 0 Å². The fourth-order valence-corrected chi connectivity index (χ4v) is 3.18. The molecule has 2 aromatic carbocycles. The molecule has 0 atom stereocenters. The zero-order valence-electron chi connectivity index (χ0n) is 16.2. The van der Waals surface area contributed by atoms with Gasteiger partial charge in [-0.25, -0.2) is 12.8 Å². The van der Waals surface area contributed by atoms with Gasteiger partial charge in [0.05, 0.1) is 39.8 Å². The van der Waals surface area contributed by atoms with Crippen molar-refractivity contribution in [2.75, 3.05) is 18.9 Å². The van der Waals surface area contributed by atoms with Crippen molar-refractivity contribution >= 4 is 53.9 Å². The maximum absolute atomic E-state index is 12.5. The number of alkyl halides is 3. The third-order valence-electron chi connectivity index (χ3n) is 3.59. The largest absolute Gasteiger partial charge is 0.419 e. The van der Waals surface area contributed by atoms with Gasteiger partial charge in [-0.05, 0) is 54.9 Å². The minimum atomic E-state index is -4.68. The zero-order valence-corrected chi connectivity index (χ0v) is 19.3. The second-order valence-electron chi connectivity index (χ2n) is 6.74.